The average molecular weight is 409 g/mol. The van der Waals surface area contributed by atoms with Gasteiger partial charge in [0, 0.05) is 59.2 Å². The zero-order valence-electron chi connectivity index (χ0n) is 17.8. The van der Waals surface area contributed by atoms with Crippen LogP contribution in [0.15, 0.2) is 78.9 Å². The fourth-order valence-corrected chi connectivity index (χ4v) is 3.32. The smallest absolute Gasteiger partial charge is 0.0361 e. The maximum absolute atomic E-state index is 2.50. The summed E-state index contributed by atoms with van der Waals surface area (Å²) >= 11 is 0. The minimum Gasteiger partial charge on any atom is -1.00 e. The van der Waals surface area contributed by atoms with E-state index in [1.807, 2.05) is 0 Å². The van der Waals surface area contributed by atoms with Crippen molar-refractivity contribution in [3.8, 4) is 0 Å². The molecule has 29 heavy (non-hydrogen) atoms. The monoisotopic (exact) mass is 408 g/mol. The molecule has 0 amide bonds. The molecule has 0 atom stereocenters. The quantitative estimate of drug-likeness (QED) is 0.564. The Morgan fingerprint density at radius 2 is 0.828 bits per heavy atom. The van der Waals surface area contributed by atoms with Crippen LogP contribution in [0, 0.1) is 0 Å². The summed E-state index contributed by atoms with van der Waals surface area (Å²) in [7, 11) is 8.31. The summed E-state index contributed by atoms with van der Waals surface area (Å²) < 4.78 is 0. The minimum atomic E-state index is 0. The number of hydrogen-bond acceptors (Lipinski definition) is 3. The van der Waals surface area contributed by atoms with E-state index < -0.39 is 0 Å². The minimum absolute atomic E-state index is 0. The van der Waals surface area contributed by atoms with Gasteiger partial charge in [0.15, 0.2) is 0 Å². The number of rotatable bonds is 8. The van der Waals surface area contributed by atoms with Crippen LogP contribution < -0.4 is 22.2 Å². The van der Waals surface area contributed by atoms with Crippen molar-refractivity contribution in [2.75, 3.05) is 38.0 Å². The fourth-order valence-electron chi connectivity index (χ4n) is 3.32. The van der Waals surface area contributed by atoms with E-state index in [0.29, 0.717) is 0 Å². The van der Waals surface area contributed by atoms with Gasteiger partial charge < -0.3 is 22.2 Å². The predicted octanol–water partition coefficient (Wildman–Crippen LogP) is 2.02. The Morgan fingerprint density at radius 3 is 1.17 bits per heavy atom. The molecular formula is C25H31ClN3-. The number of hydrogen-bond donors (Lipinski definition) is 0. The largest absolute Gasteiger partial charge is 1.00 e. The van der Waals surface area contributed by atoms with Crippen molar-refractivity contribution in [1.82, 2.24) is 4.90 Å². The second-order valence-corrected chi connectivity index (χ2v) is 7.75. The van der Waals surface area contributed by atoms with E-state index in [2.05, 4.69) is 122 Å². The summed E-state index contributed by atoms with van der Waals surface area (Å²) in [5, 5.41) is 0. The van der Waals surface area contributed by atoms with Gasteiger partial charge in [-0.1, -0.05) is 54.6 Å². The Labute approximate surface area is 182 Å². The Bertz CT molecular complexity index is 790. The van der Waals surface area contributed by atoms with Gasteiger partial charge in [0.2, 0.25) is 0 Å². The standard InChI is InChI=1S/C25H31N3.ClH/c1-26(2)24-14-10-22(11-15-24)19-28(18-21-8-6-5-7-9-21)20-23-12-16-25(17-13-23)27(3)4;/h5-17H,18-20H2,1-4H3;1H/p-1. The second-order valence-electron chi connectivity index (χ2n) is 7.75. The lowest BCUT2D eigenvalue weighted by Gasteiger charge is -2.24. The van der Waals surface area contributed by atoms with Crippen LogP contribution in [-0.2, 0) is 19.6 Å². The highest BCUT2D eigenvalue weighted by molar-refractivity contribution is 5.47. The maximum atomic E-state index is 2.50. The lowest BCUT2D eigenvalue weighted by Crippen LogP contribution is -3.00. The summed E-state index contributed by atoms with van der Waals surface area (Å²) in [6.07, 6.45) is 0. The normalized spacial score (nSPS) is 10.5. The lowest BCUT2D eigenvalue weighted by atomic mass is 10.1. The molecule has 154 valence electrons. The first-order valence-electron chi connectivity index (χ1n) is 9.80. The van der Waals surface area contributed by atoms with Crippen LogP contribution in [0.3, 0.4) is 0 Å². The van der Waals surface area contributed by atoms with Gasteiger partial charge in [0.25, 0.3) is 0 Å². The first kappa shape index (κ1) is 22.8. The summed E-state index contributed by atoms with van der Waals surface area (Å²) in [5.74, 6) is 0. The Kier molecular flexibility index (Phi) is 8.56. The van der Waals surface area contributed by atoms with Crippen molar-refractivity contribution in [3.63, 3.8) is 0 Å². The van der Waals surface area contributed by atoms with E-state index in [9.17, 15) is 0 Å². The van der Waals surface area contributed by atoms with E-state index in [1.54, 1.807) is 0 Å². The molecule has 0 aliphatic rings. The molecule has 3 rings (SSSR count). The van der Waals surface area contributed by atoms with E-state index in [1.165, 1.54) is 28.1 Å². The van der Waals surface area contributed by atoms with E-state index in [0.717, 1.165) is 19.6 Å². The summed E-state index contributed by atoms with van der Waals surface area (Å²) in [5.41, 5.74) is 6.49. The van der Waals surface area contributed by atoms with Gasteiger partial charge in [-0.25, -0.2) is 0 Å². The molecule has 0 aliphatic heterocycles. The SMILES string of the molecule is CN(C)c1ccc(CN(Cc2ccccc2)Cc2ccc(N(C)C)cc2)cc1.[Cl-]. The number of benzene rings is 3. The third-order valence-corrected chi connectivity index (χ3v) is 4.97. The molecule has 4 heteroatoms. The van der Waals surface area contributed by atoms with Gasteiger partial charge in [-0.15, -0.1) is 0 Å². The highest BCUT2D eigenvalue weighted by Crippen LogP contribution is 2.19. The molecule has 3 aromatic rings. The molecule has 0 saturated carbocycles. The summed E-state index contributed by atoms with van der Waals surface area (Å²) in [6.45, 7) is 2.79. The van der Waals surface area contributed by atoms with Crippen LogP contribution >= 0.6 is 0 Å². The second kappa shape index (κ2) is 10.9. The van der Waals surface area contributed by atoms with Crippen molar-refractivity contribution in [2.45, 2.75) is 19.6 Å². The van der Waals surface area contributed by atoms with Crippen molar-refractivity contribution < 1.29 is 12.4 Å². The third kappa shape index (κ3) is 6.81. The Hall–Kier alpha value is -2.49. The summed E-state index contributed by atoms with van der Waals surface area (Å²) in [4.78, 5) is 6.78. The third-order valence-electron chi connectivity index (χ3n) is 4.97. The van der Waals surface area contributed by atoms with Crippen LogP contribution in [-0.4, -0.2) is 33.1 Å². The topological polar surface area (TPSA) is 9.72 Å². The molecule has 0 N–H and O–H groups in total. The molecule has 0 bridgehead atoms. The van der Waals surface area contributed by atoms with Crippen LogP contribution in [0.4, 0.5) is 11.4 Å². The molecule has 0 aliphatic carbocycles. The van der Waals surface area contributed by atoms with Crippen LogP contribution in [0.25, 0.3) is 0 Å². The lowest BCUT2D eigenvalue weighted by molar-refractivity contribution is -0.00000592. The first-order valence-corrected chi connectivity index (χ1v) is 9.80. The van der Waals surface area contributed by atoms with Gasteiger partial charge >= 0.3 is 0 Å². The maximum Gasteiger partial charge on any atom is 0.0361 e. The Balaban J connectivity index is 0.00000300. The van der Waals surface area contributed by atoms with E-state index in [4.69, 9.17) is 0 Å². The fraction of sp³-hybridized carbons (Fsp3) is 0.280. The average Bonchev–Trinajstić information content (AvgIpc) is 2.69. The van der Waals surface area contributed by atoms with Gasteiger partial charge in [-0.2, -0.15) is 0 Å². The molecule has 0 saturated heterocycles. The van der Waals surface area contributed by atoms with E-state index >= 15 is 0 Å². The molecule has 0 fully saturated rings. The molecule has 0 spiro atoms. The van der Waals surface area contributed by atoms with Crippen molar-refractivity contribution in [1.29, 1.82) is 0 Å². The van der Waals surface area contributed by atoms with Gasteiger partial charge in [-0.05, 0) is 41.0 Å². The highest BCUT2D eigenvalue weighted by atomic mass is 35.5. The molecule has 0 unspecified atom stereocenters. The predicted molar refractivity (Wildman–Crippen MR) is 121 cm³/mol. The van der Waals surface area contributed by atoms with E-state index in [-0.39, 0.29) is 12.4 Å². The van der Waals surface area contributed by atoms with Crippen LogP contribution in [0.2, 0.25) is 0 Å². The van der Waals surface area contributed by atoms with Crippen molar-refractivity contribution >= 4 is 11.4 Å². The van der Waals surface area contributed by atoms with Crippen LogP contribution in [0.1, 0.15) is 16.7 Å². The zero-order chi connectivity index (χ0) is 19.9. The van der Waals surface area contributed by atoms with Gasteiger partial charge in [0.05, 0.1) is 0 Å². The van der Waals surface area contributed by atoms with Crippen LogP contribution in [0.5, 0.6) is 0 Å². The molecule has 3 nitrogen and oxygen atoms in total. The summed E-state index contributed by atoms with van der Waals surface area (Å²) in [6, 6.07) is 28.5. The molecule has 3 aromatic carbocycles. The zero-order valence-corrected chi connectivity index (χ0v) is 18.6. The Morgan fingerprint density at radius 1 is 0.483 bits per heavy atom. The van der Waals surface area contributed by atoms with Crippen molar-refractivity contribution in [2.24, 2.45) is 0 Å². The molecule has 0 heterocycles. The van der Waals surface area contributed by atoms with Crippen molar-refractivity contribution in [3.05, 3.63) is 95.6 Å². The number of anilines is 2. The molecular weight excluding hydrogens is 378 g/mol. The highest BCUT2D eigenvalue weighted by Gasteiger charge is 2.09. The number of nitrogens with zero attached hydrogens (tertiary/aromatic N) is 3. The number of halogens is 1. The molecule has 0 radical (unpaired) electrons. The molecule has 0 aromatic heterocycles. The van der Waals surface area contributed by atoms with Gasteiger partial charge in [0.1, 0.15) is 0 Å². The first-order chi connectivity index (χ1) is 13.5. The van der Waals surface area contributed by atoms with Gasteiger partial charge in [-0.3, -0.25) is 4.90 Å².